The molecule has 1 atom stereocenters. The van der Waals surface area contributed by atoms with Crippen LogP contribution in [-0.4, -0.2) is 37.0 Å². The third-order valence-electron chi connectivity index (χ3n) is 3.70. The number of rotatable bonds is 8. The number of nitrogens with one attached hydrogen (secondary N) is 2. The van der Waals surface area contributed by atoms with E-state index in [1.807, 2.05) is 6.26 Å². The van der Waals surface area contributed by atoms with Crippen molar-refractivity contribution in [1.29, 1.82) is 0 Å². The Bertz CT molecular complexity index is 735. The fourth-order valence-electron chi connectivity index (χ4n) is 2.25. The van der Waals surface area contributed by atoms with Gasteiger partial charge in [0.25, 0.3) is 5.91 Å². The number of benzene rings is 2. The summed E-state index contributed by atoms with van der Waals surface area (Å²) in [6, 6.07) is 12.9. The normalized spacial score (nSPS) is 11.5. The van der Waals surface area contributed by atoms with Gasteiger partial charge in [-0.2, -0.15) is 11.8 Å². The maximum absolute atomic E-state index is 12.6. The molecule has 0 heterocycles. The Balaban J connectivity index is 2.05. The highest BCUT2D eigenvalue weighted by Gasteiger charge is 2.21. The van der Waals surface area contributed by atoms with Crippen molar-refractivity contribution >= 4 is 40.9 Å². The molecule has 0 bridgehead atoms. The Labute approximate surface area is 162 Å². The van der Waals surface area contributed by atoms with Gasteiger partial charge in [0.15, 0.2) is 0 Å². The first-order valence-corrected chi connectivity index (χ1v) is 9.81. The van der Waals surface area contributed by atoms with Gasteiger partial charge < -0.3 is 15.4 Å². The van der Waals surface area contributed by atoms with Gasteiger partial charge in [0.1, 0.15) is 11.8 Å². The van der Waals surface area contributed by atoms with E-state index >= 15 is 0 Å². The zero-order valence-electron chi connectivity index (χ0n) is 14.6. The zero-order valence-corrected chi connectivity index (χ0v) is 16.2. The molecule has 138 valence electrons. The average Bonchev–Trinajstić information content (AvgIpc) is 2.66. The molecule has 2 aromatic carbocycles. The van der Waals surface area contributed by atoms with Gasteiger partial charge in [-0.15, -0.1) is 0 Å². The Morgan fingerprint density at radius 2 is 1.77 bits per heavy atom. The van der Waals surface area contributed by atoms with Crippen LogP contribution in [0.4, 0.5) is 5.69 Å². The number of ether oxygens (including phenoxy) is 1. The lowest BCUT2D eigenvalue weighted by atomic mass is 10.1. The molecule has 0 unspecified atom stereocenters. The van der Waals surface area contributed by atoms with Crippen molar-refractivity contribution in [2.24, 2.45) is 0 Å². The minimum Gasteiger partial charge on any atom is -0.497 e. The highest BCUT2D eigenvalue weighted by atomic mass is 35.5. The predicted molar refractivity (Wildman–Crippen MR) is 107 cm³/mol. The number of amides is 2. The van der Waals surface area contributed by atoms with Crippen LogP contribution in [-0.2, 0) is 4.79 Å². The van der Waals surface area contributed by atoms with E-state index in [4.69, 9.17) is 16.3 Å². The number of thioether (sulfide) groups is 1. The summed E-state index contributed by atoms with van der Waals surface area (Å²) in [6.45, 7) is 0. The molecule has 7 heteroatoms. The summed E-state index contributed by atoms with van der Waals surface area (Å²) >= 11 is 7.47. The Hall–Kier alpha value is -2.18. The van der Waals surface area contributed by atoms with Crippen LogP contribution in [0.15, 0.2) is 48.5 Å². The van der Waals surface area contributed by atoms with Crippen LogP contribution in [0.1, 0.15) is 16.8 Å². The van der Waals surface area contributed by atoms with E-state index in [9.17, 15) is 9.59 Å². The molecule has 0 aliphatic carbocycles. The molecule has 0 aromatic heterocycles. The third-order valence-corrected chi connectivity index (χ3v) is 4.59. The Morgan fingerprint density at radius 1 is 1.12 bits per heavy atom. The first kappa shape index (κ1) is 20.1. The van der Waals surface area contributed by atoms with Gasteiger partial charge in [-0.1, -0.05) is 11.6 Å². The number of carbonyl (C=O) groups excluding carboxylic acids is 2. The van der Waals surface area contributed by atoms with Crippen molar-refractivity contribution < 1.29 is 14.3 Å². The first-order valence-electron chi connectivity index (χ1n) is 8.03. The van der Waals surface area contributed by atoms with Gasteiger partial charge in [-0.3, -0.25) is 9.59 Å². The second-order valence-corrected chi connectivity index (χ2v) is 6.95. The summed E-state index contributed by atoms with van der Waals surface area (Å²) < 4.78 is 5.09. The summed E-state index contributed by atoms with van der Waals surface area (Å²) in [7, 11) is 1.56. The van der Waals surface area contributed by atoms with Crippen LogP contribution in [0.25, 0.3) is 0 Å². The lowest BCUT2D eigenvalue weighted by Crippen LogP contribution is -2.44. The summed E-state index contributed by atoms with van der Waals surface area (Å²) in [5, 5.41) is 6.21. The van der Waals surface area contributed by atoms with Crippen molar-refractivity contribution in [2.45, 2.75) is 12.5 Å². The zero-order chi connectivity index (χ0) is 18.9. The summed E-state index contributed by atoms with van der Waals surface area (Å²) in [5.41, 5.74) is 1.10. The molecule has 0 aliphatic heterocycles. The van der Waals surface area contributed by atoms with Crippen molar-refractivity contribution in [2.75, 3.05) is 24.4 Å². The van der Waals surface area contributed by atoms with E-state index in [0.717, 1.165) is 5.75 Å². The highest BCUT2D eigenvalue weighted by molar-refractivity contribution is 7.98. The molecule has 0 saturated heterocycles. The molecule has 5 nitrogen and oxygen atoms in total. The molecular formula is C19H21ClN2O3S. The second kappa shape index (κ2) is 10.1. The molecule has 2 aromatic rings. The van der Waals surface area contributed by atoms with E-state index in [0.29, 0.717) is 28.4 Å². The molecular weight excluding hydrogens is 372 g/mol. The predicted octanol–water partition coefficient (Wildman–Crippen LogP) is 3.84. The molecule has 0 spiro atoms. The standard InChI is InChI=1S/C19H21ClN2O3S/c1-25-16-9-3-13(4-10-16)18(23)22-17(11-12-26-2)19(24)21-15-7-5-14(20)6-8-15/h3-10,17H,11-12H2,1-2H3,(H,21,24)(H,22,23)/t17-/m1/s1. The smallest absolute Gasteiger partial charge is 0.251 e. The van der Waals surface area contributed by atoms with E-state index in [2.05, 4.69) is 10.6 Å². The van der Waals surface area contributed by atoms with Crippen LogP contribution in [0.5, 0.6) is 5.75 Å². The van der Waals surface area contributed by atoms with E-state index in [1.54, 1.807) is 67.4 Å². The number of hydrogen-bond acceptors (Lipinski definition) is 4. The van der Waals surface area contributed by atoms with Crippen LogP contribution < -0.4 is 15.4 Å². The SMILES string of the molecule is COc1ccc(C(=O)N[C@H](CCSC)C(=O)Nc2ccc(Cl)cc2)cc1. The van der Waals surface area contributed by atoms with Gasteiger partial charge in [0.2, 0.25) is 5.91 Å². The molecule has 0 aliphatic rings. The lowest BCUT2D eigenvalue weighted by molar-refractivity contribution is -0.118. The second-order valence-electron chi connectivity index (χ2n) is 5.53. The maximum Gasteiger partial charge on any atom is 0.251 e. The number of methoxy groups -OCH3 is 1. The summed E-state index contributed by atoms with van der Waals surface area (Å²) in [4.78, 5) is 25.0. The number of hydrogen-bond donors (Lipinski definition) is 2. The number of carbonyl (C=O) groups is 2. The highest BCUT2D eigenvalue weighted by Crippen LogP contribution is 2.15. The molecule has 26 heavy (non-hydrogen) atoms. The molecule has 0 radical (unpaired) electrons. The fraction of sp³-hybridized carbons (Fsp3) is 0.263. The Morgan fingerprint density at radius 3 is 2.35 bits per heavy atom. The van der Waals surface area contributed by atoms with E-state index < -0.39 is 6.04 Å². The van der Waals surface area contributed by atoms with Crippen LogP contribution in [0.2, 0.25) is 5.02 Å². The Kier molecular flexibility index (Phi) is 7.81. The minimum absolute atomic E-state index is 0.261. The molecule has 2 amide bonds. The van der Waals surface area contributed by atoms with E-state index in [-0.39, 0.29) is 11.8 Å². The summed E-state index contributed by atoms with van der Waals surface area (Å²) in [5.74, 6) is 0.857. The largest absolute Gasteiger partial charge is 0.497 e. The van der Waals surface area contributed by atoms with Gasteiger partial charge in [0, 0.05) is 16.3 Å². The van der Waals surface area contributed by atoms with Crippen molar-refractivity contribution in [3.63, 3.8) is 0 Å². The quantitative estimate of drug-likeness (QED) is 0.716. The fourth-order valence-corrected chi connectivity index (χ4v) is 2.85. The first-order chi connectivity index (χ1) is 12.5. The van der Waals surface area contributed by atoms with Crippen molar-refractivity contribution in [3.8, 4) is 5.75 Å². The van der Waals surface area contributed by atoms with Crippen molar-refractivity contribution in [1.82, 2.24) is 5.32 Å². The average molecular weight is 393 g/mol. The number of anilines is 1. The van der Waals surface area contributed by atoms with Gasteiger partial charge in [-0.05, 0) is 67.0 Å². The maximum atomic E-state index is 12.6. The van der Waals surface area contributed by atoms with Gasteiger partial charge >= 0.3 is 0 Å². The van der Waals surface area contributed by atoms with Crippen LogP contribution in [0, 0.1) is 0 Å². The number of halogens is 1. The molecule has 0 fully saturated rings. The third kappa shape index (κ3) is 5.97. The van der Waals surface area contributed by atoms with Crippen LogP contribution in [0.3, 0.4) is 0 Å². The summed E-state index contributed by atoms with van der Waals surface area (Å²) in [6.07, 6.45) is 2.49. The lowest BCUT2D eigenvalue weighted by Gasteiger charge is -2.18. The monoisotopic (exact) mass is 392 g/mol. The van der Waals surface area contributed by atoms with Gasteiger partial charge in [-0.25, -0.2) is 0 Å². The minimum atomic E-state index is -0.632. The molecule has 2 rings (SSSR count). The molecule has 0 saturated carbocycles. The van der Waals surface area contributed by atoms with Gasteiger partial charge in [0.05, 0.1) is 7.11 Å². The topological polar surface area (TPSA) is 67.4 Å². The van der Waals surface area contributed by atoms with Crippen LogP contribution >= 0.6 is 23.4 Å². The van der Waals surface area contributed by atoms with Crippen molar-refractivity contribution in [3.05, 3.63) is 59.1 Å². The molecule has 2 N–H and O–H groups in total. The van der Waals surface area contributed by atoms with E-state index in [1.165, 1.54) is 0 Å².